The van der Waals surface area contributed by atoms with E-state index in [1.54, 1.807) is 20.8 Å². The van der Waals surface area contributed by atoms with Gasteiger partial charge in [-0.05, 0) is 44.6 Å². The predicted molar refractivity (Wildman–Crippen MR) is 171 cm³/mol. The van der Waals surface area contributed by atoms with Gasteiger partial charge in [0.25, 0.3) is 0 Å². The van der Waals surface area contributed by atoms with Crippen LogP contribution in [0.4, 0.5) is 4.79 Å². The van der Waals surface area contributed by atoms with Crippen LogP contribution in [0.1, 0.15) is 66.2 Å². The standard InChI is InChI=1S/C28H55BN8O8/c1-5-23(39)31-13-15-44-17-18-45-16-14-32-25(40)21(10-8-11-33-28(30)43)36-27(42)24(19(2)3)37-26(41)22(35-20(4)38)9-6-7-12-34-29/h19,21-22,24,34H,5-18,29H2,1-4H3,(H,31,39)(H,32,40)(H,35,38)(H,36,42)(H,37,41)(H3,30,33,43)/t21-,22-,24?/m0/s1. The average Bonchev–Trinajstić information content (AvgIpc) is 2.98. The topological polar surface area (TPSA) is 231 Å². The molecule has 258 valence electrons. The van der Waals surface area contributed by atoms with E-state index in [1.165, 1.54) is 6.92 Å². The molecule has 0 aliphatic heterocycles. The van der Waals surface area contributed by atoms with Gasteiger partial charge in [0, 0.05) is 33.0 Å². The summed E-state index contributed by atoms with van der Waals surface area (Å²) in [5.74, 6) is -2.22. The summed E-state index contributed by atoms with van der Waals surface area (Å²) in [5.41, 5.74) is 5.12. The average molecular weight is 643 g/mol. The molecule has 0 aromatic rings. The van der Waals surface area contributed by atoms with E-state index in [9.17, 15) is 28.8 Å². The lowest BCUT2D eigenvalue weighted by Crippen LogP contribution is -2.58. The SMILES string of the molecule is BNCCCC[C@H](NC(C)=O)C(=O)NC(C(=O)N[C@@H](CCCNC(N)=O)C(=O)NCCOCCOCCNC(=O)CC)C(C)C. The van der Waals surface area contributed by atoms with E-state index in [0.717, 1.165) is 13.0 Å². The molecule has 7 amide bonds. The molecule has 0 saturated carbocycles. The Morgan fingerprint density at radius 1 is 0.689 bits per heavy atom. The van der Waals surface area contributed by atoms with Crippen LogP contribution >= 0.6 is 0 Å². The van der Waals surface area contributed by atoms with Gasteiger partial charge in [-0.1, -0.05) is 20.8 Å². The molecule has 0 bridgehead atoms. The summed E-state index contributed by atoms with van der Waals surface area (Å²) in [7, 11) is 1.83. The number of amides is 7. The fourth-order valence-corrected chi connectivity index (χ4v) is 4.08. The highest BCUT2D eigenvalue weighted by molar-refractivity contribution is 6.04. The fourth-order valence-electron chi connectivity index (χ4n) is 4.08. The van der Waals surface area contributed by atoms with Crippen LogP contribution in [0, 0.1) is 5.92 Å². The van der Waals surface area contributed by atoms with Crippen molar-refractivity contribution in [3.63, 3.8) is 0 Å². The van der Waals surface area contributed by atoms with Crippen molar-refractivity contribution in [2.24, 2.45) is 11.7 Å². The zero-order valence-corrected chi connectivity index (χ0v) is 27.6. The highest BCUT2D eigenvalue weighted by Crippen LogP contribution is 2.08. The molecule has 0 saturated heterocycles. The van der Waals surface area contributed by atoms with Crippen LogP contribution in [-0.4, -0.2) is 114 Å². The molecule has 45 heavy (non-hydrogen) atoms. The number of hydrogen-bond acceptors (Lipinski definition) is 9. The number of carbonyl (C=O) groups excluding carboxylic acids is 6. The second-order valence-electron chi connectivity index (χ2n) is 10.8. The van der Waals surface area contributed by atoms with Crippen LogP contribution in [0.2, 0.25) is 0 Å². The largest absolute Gasteiger partial charge is 0.377 e. The maximum absolute atomic E-state index is 13.3. The summed E-state index contributed by atoms with van der Waals surface area (Å²) in [6.07, 6.45) is 2.87. The maximum Gasteiger partial charge on any atom is 0.312 e. The first kappa shape index (κ1) is 41.6. The Morgan fingerprint density at radius 2 is 1.29 bits per heavy atom. The molecule has 0 aromatic heterocycles. The first-order valence-electron chi connectivity index (χ1n) is 15.7. The molecule has 16 nitrogen and oxygen atoms in total. The smallest absolute Gasteiger partial charge is 0.312 e. The minimum absolute atomic E-state index is 0.0457. The number of nitrogens with two attached hydrogens (primary N) is 1. The van der Waals surface area contributed by atoms with Crippen molar-refractivity contribution < 1.29 is 38.2 Å². The quantitative estimate of drug-likeness (QED) is 0.0369. The molecule has 0 aliphatic rings. The Labute approximate surface area is 267 Å². The third-order valence-corrected chi connectivity index (χ3v) is 6.52. The molecule has 0 radical (unpaired) electrons. The highest BCUT2D eigenvalue weighted by Gasteiger charge is 2.31. The summed E-state index contributed by atoms with van der Waals surface area (Å²) in [5, 5.41) is 19.0. The maximum atomic E-state index is 13.3. The van der Waals surface area contributed by atoms with Crippen LogP contribution < -0.4 is 42.9 Å². The summed E-state index contributed by atoms with van der Waals surface area (Å²) in [6.45, 7) is 9.36. The molecule has 0 spiro atoms. The monoisotopic (exact) mass is 642 g/mol. The first-order valence-corrected chi connectivity index (χ1v) is 15.7. The minimum atomic E-state index is -0.969. The number of hydrogen-bond donors (Lipinski definition) is 8. The molecule has 17 heteroatoms. The van der Waals surface area contributed by atoms with Gasteiger partial charge in [-0.15, -0.1) is 0 Å². The van der Waals surface area contributed by atoms with E-state index >= 15 is 0 Å². The first-order chi connectivity index (χ1) is 21.4. The van der Waals surface area contributed by atoms with Gasteiger partial charge < -0.3 is 52.3 Å². The van der Waals surface area contributed by atoms with E-state index < -0.39 is 41.9 Å². The van der Waals surface area contributed by atoms with Gasteiger partial charge in [0.2, 0.25) is 29.5 Å². The zero-order chi connectivity index (χ0) is 34.0. The van der Waals surface area contributed by atoms with Gasteiger partial charge >= 0.3 is 6.03 Å². The van der Waals surface area contributed by atoms with Gasteiger partial charge in [0.1, 0.15) is 18.1 Å². The van der Waals surface area contributed by atoms with Crippen LogP contribution in [0.3, 0.4) is 0 Å². The summed E-state index contributed by atoms with van der Waals surface area (Å²) >= 11 is 0. The lowest BCUT2D eigenvalue weighted by molar-refractivity contribution is -0.134. The molecule has 0 aromatic carbocycles. The van der Waals surface area contributed by atoms with E-state index in [0.29, 0.717) is 52.0 Å². The van der Waals surface area contributed by atoms with Crippen molar-refractivity contribution in [2.45, 2.75) is 84.3 Å². The van der Waals surface area contributed by atoms with E-state index in [4.69, 9.17) is 15.2 Å². The molecule has 9 N–H and O–H groups in total. The minimum Gasteiger partial charge on any atom is -0.377 e. The fraction of sp³-hybridized carbons (Fsp3) is 0.786. The lowest BCUT2D eigenvalue weighted by Gasteiger charge is -2.27. The van der Waals surface area contributed by atoms with Crippen molar-refractivity contribution >= 4 is 43.5 Å². The Bertz CT molecular complexity index is 912. The molecular formula is C28H55BN8O8. The van der Waals surface area contributed by atoms with Crippen molar-refractivity contribution in [2.75, 3.05) is 52.6 Å². The molecule has 1 unspecified atom stereocenters. The summed E-state index contributed by atoms with van der Waals surface area (Å²) < 4.78 is 10.8. The van der Waals surface area contributed by atoms with Crippen molar-refractivity contribution in [3.05, 3.63) is 0 Å². The summed E-state index contributed by atoms with van der Waals surface area (Å²) in [4.78, 5) is 73.4. The zero-order valence-electron chi connectivity index (χ0n) is 27.6. The Balaban J connectivity index is 5.07. The van der Waals surface area contributed by atoms with Crippen molar-refractivity contribution in [1.82, 2.24) is 37.1 Å². The number of rotatable bonds is 26. The Hall–Kier alpha value is -3.44. The number of carbonyl (C=O) groups is 6. The van der Waals surface area contributed by atoms with E-state index in [2.05, 4.69) is 37.1 Å². The normalized spacial score (nSPS) is 12.8. The van der Waals surface area contributed by atoms with Crippen LogP contribution in [0.15, 0.2) is 0 Å². The second-order valence-corrected chi connectivity index (χ2v) is 10.8. The summed E-state index contributed by atoms with van der Waals surface area (Å²) in [6, 6.07) is -3.43. The third kappa shape index (κ3) is 21.8. The molecule has 0 fully saturated rings. The van der Waals surface area contributed by atoms with Crippen molar-refractivity contribution in [3.8, 4) is 0 Å². The Kier molecular flexibility index (Phi) is 23.9. The Morgan fingerprint density at radius 3 is 1.84 bits per heavy atom. The van der Waals surface area contributed by atoms with Crippen LogP contribution in [0.25, 0.3) is 0 Å². The van der Waals surface area contributed by atoms with Gasteiger partial charge in [0.15, 0.2) is 7.98 Å². The van der Waals surface area contributed by atoms with Crippen LogP contribution in [0.5, 0.6) is 0 Å². The third-order valence-electron chi connectivity index (χ3n) is 6.52. The van der Waals surface area contributed by atoms with Gasteiger partial charge in [-0.3, -0.25) is 24.0 Å². The van der Waals surface area contributed by atoms with Crippen LogP contribution in [-0.2, 0) is 33.4 Å². The molecule has 0 aliphatic carbocycles. The number of primary amides is 1. The molecule has 0 rings (SSSR count). The predicted octanol–water partition coefficient (Wildman–Crippen LogP) is -2.45. The highest BCUT2D eigenvalue weighted by atomic mass is 16.5. The number of nitrogens with one attached hydrogen (secondary N) is 7. The second kappa shape index (κ2) is 25.8. The molecule has 0 heterocycles. The van der Waals surface area contributed by atoms with Gasteiger partial charge in [0.05, 0.1) is 26.4 Å². The number of ether oxygens (including phenoxy) is 2. The van der Waals surface area contributed by atoms with Gasteiger partial charge in [-0.2, -0.15) is 0 Å². The molecule has 3 atom stereocenters. The van der Waals surface area contributed by atoms with E-state index in [1.807, 2.05) is 7.98 Å². The van der Waals surface area contributed by atoms with Crippen molar-refractivity contribution in [1.29, 1.82) is 0 Å². The number of urea groups is 1. The number of unbranched alkanes of at least 4 members (excludes halogenated alkanes) is 1. The van der Waals surface area contributed by atoms with E-state index in [-0.39, 0.29) is 43.8 Å². The lowest BCUT2D eigenvalue weighted by atomic mass is 10.0. The molecular weight excluding hydrogens is 587 g/mol. The van der Waals surface area contributed by atoms with Gasteiger partial charge in [-0.25, -0.2) is 4.79 Å².